The fourth-order valence-electron chi connectivity index (χ4n) is 3.10. The predicted molar refractivity (Wildman–Crippen MR) is 107 cm³/mol. The van der Waals surface area contributed by atoms with Crippen molar-refractivity contribution in [1.82, 2.24) is 25.1 Å². The van der Waals surface area contributed by atoms with Gasteiger partial charge in [-0.15, -0.1) is 0 Å². The van der Waals surface area contributed by atoms with E-state index in [1.54, 1.807) is 12.4 Å². The maximum absolute atomic E-state index is 12.3. The van der Waals surface area contributed by atoms with Gasteiger partial charge in [0.15, 0.2) is 0 Å². The van der Waals surface area contributed by atoms with E-state index in [9.17, 15) is 4.79 Å². The zero-order valence-corrected chi connectivity index (χ0v) is 16.1. The van der Waals surface area contributed by atoms with Gasteiger partial charge in [0.2, 0.25) is 5.95 Å². The van der Waals surface area contributed by atoms with Crippen molar-refractivity contribution >= 4 is 17.5 Å². The zero-order valence-electron chi connectivity index (χ0n) is 16.1. The number of likely N-dealkylation sites (N-methyl/N-ethyl adjacent to an activating group) is 1. The van der Waals surface area contributed by atoms with Gasteiger partial charge in [-0.25, -0.2) is 9.97 Å². The second-order valence-electron chi connectivity index (χ2n) is 7.02. The summed E-state index contributed by atoms with van der Waals surface area (Å²) in [5.41, 5.74) is 1.38. The second kappa shape index (κ2) is 9.43. The highest BCUT2D eigenvalue weighted by molar-refractivity contribution is 5.93. The SMILES string of the molecule is C[C@@H](CCNC(=O)c1cnc(Nc2ccccc2)nc1)N1CCN(C)CC1. The van der Waals surface area contributed by atoms with Crippen molar-refractivity contribution < 1.29 is 4.79 Å². The molecule has 144 valence electrons. The summed E-state index contributed by atoms with van der Waals surface area (Å²) in [4.78, 5) is 25.6. The molecule has 7 heteroatoms. The molecular formula is C20H28N6O. The highest BCUT2D eigenvalue weighted by Crippen LogP contribution is 2.11. The van der Waals surface area contributed by atoms with E-state index in [0.717, 1.165) is 38.3 Å². The monoisotopic (exact) mass is 368 g/mol. The quantitative estimate of drug-likeness (QED) is 0.779. The van der Waals surface area contributed by atoms with Crippen molar-refractivity contribution in [1.29, 1.82) is 0 Å². The van der Waals surface area contributed by atoms with Crippen molar-refractivity contribution in [3.63, 3.8) is 0 Å². The number of aromatic nitrogens is 2. The molecule has 2 heterocycles. The summed E-state index contributed by atoms with van der Waals surface area (Å²) in [6, 6.07) is 10.2. The molecule has 2 aromatic rings. The average Bonchev–Trinajstić information content (AvgIpc) is 2.69. The molecule has 0 spiro atoms. The van der Waals surface area contributed by atoms with E-state index >= 15 is 0 Å². The van der Waals surface area contributed by atoms with E-state index < -0.39 is 0 Å². The van der Waals surface area contributed by atoms with Crippen LogP contribution in [0.4, 0.5) is 11.6 Å². The lowest BCUT2D eigenvalue weighted by Gasteiger charge is -2.36. The van der Waals surface area contributed by atoms with Gasteiger partial charge in [-0.1, -0.05) is 18.2 Å². The summed E-state index contributed by atoms with van der Waals surface area (Å²) in [7, 11) is 2.16. The summed E-state index contributed by atoms with van der Waals surface area (Å²) in [6.45, 7) is 7.28. The van der Waals surface area contributed by atoms with Crippen LogP contribution in [0.15, 0.2) is 42.7 Å². The summed E-state index contributed by atoms with van der Waals surface area (Å²) in [5, 5.41) is 6.08. The number of nitrogens with zero attached hydrogens (tertiary/aromatic N) is 4. The normalized spacial score (nSPS) is 16.7. The van der Waals surface area contributed by atoms with Crippen LogP contribution in [0, 0.1) is 0 Å². The van der Waals surface area contributed by atoms with Crippen molar-refractivity contribution in [2.45, 2.75) is 19.4 Å². The lowest BCUT2D eigenvalue weighted by molar-refractivity contribution is 0.0934. The first-order valence-electron chi connectivity index (χ1n) is 9.47. The van der Waals surface area contributed by atoms with Gasteiger partial charge in [0.25, 0.3) is 5.91 Å². The van der Waals surface area contributed by atoms with E-state index in [-0.39, 0.29) is 5.91 Å². The van der Waals surface area contributed by atoms with Gasteiger partial charge in [0.05, 0.1) is 5.56 Å². The number of nitrogens with one attached hydrogen (secondary N) is 2. The van der Waals surface area contributed by atoms with Crippen LogP contribution in [-0.2, 0) is 0 Å². The third-order valence-corrected chi connectivity index (χ3v) is 4.95. The van der Waals surface area contributed by atoms with Crippen LogP contribution in [0.2, 0.25) is 0 Å². The zero-order chi connectivity index (χ0) is 19.1. The first kappa shape index (κ1) is 19.3. The van der Waals surface area contributed by atoms with Gasteiger partial charge in [0.1, 0.15) is 0 Å². The second-order valence-corrected chi connectivity index (χ2v) is 7.02. The van der Waals surface area contributed by atoms with Crippen molar-refractivity contribution in [3.8, 4) is 0 Å². The number of carbonyl (C=O) groups is 1. The van der Waals surface area contributed by atoms with E-state index in [1.165, 1.54) is 0 Å². The Bertz CT molecular complexity index is 713. The molecule has 0 saturated carbocycles. The van der Waals surface area contributed by atoms with Gasteiger partial charge in [0, 0.05) is 56.8 Å². The minimum absolute atomic E-state index is 0.133. The number of rotatable bonds is 7. The summed E-state index contributed by atoms with van der Waals surface area (Å²) < 4.78 is 0. The number of anilines is 2. The molecule has 1 atom stereocenters. The number of piperazine rings is 1. The lowest BCUT2D eigenvalue weighted by Crippen LogP contribution is -2.48. The van der Waals surface area contributed by atoms with Crippen LogP contribution in [0.1, 0.15) is 23.7 Å². The van der Waals surface area contributed by atoms with Crippen LogP contribution in [0.3, 0.4) is 0 Å². The van der Waals surface area contributed by atoms with Crippen molar-refractivity contribution in [3.05, 3.63) is 48.3 Å². The fourth-order valence-corrected chi connectivity index (χ4v) is 3.10. The third kappa shape index (κ3) is 5.74. The van der Waals surface area contributed by atoms with Gasteiger partial charge >= 0.3 is 0 Å². The molecule has 0 bridgehead atoms. The topological polar surface area (TPSA) is 73.4 Å². The molecule has 1 fully saturated rings. The number of amides is 1. The maximum Gasteiger partial charge on any atom is 0.254 e. The minimum Gasteiger partial charge on any atom is -0.352 e. The third-order valence-electron chi connectivity index (χ3n) is 4.95. The van der Waals surface area contributed by atoms with Crippen LogP contribution < -0.4 is 10.6 Å². The summed E-state index contributed by atoms with van der Waals surface area (Å²) in [5.74, 6) is 0.341. The number of para-hydroxylation sites is 1. The Morgan fingerprint density at radius 3 is 2.44 bits per heavy atom. The standard InChI is InChI=1S/C20H28N6O/c1-16(26-12-10-25(2)11-13-26)8-9-21-19(27)17-14-22-20(23-15-17)24-18-6-4-3-5-7-18/h3-7,14-16H,8-13H2,1-2H3,(H,21,27)(H,22,23,24)/t16-/m0/s1. The van der Waals surface area contributed by atoms with Crippen LogP contribution in [0.25, 0.3) is 0 Å². The Labute approximate surface area is 160 Å². The summed E-state index contributed by atoms with van der Waals surface area (Å²) in [6.07, 6.45) is 4.04. The molecule has 1 aromatic carbocycles. The molecule has 1 aliphatic rings. The lowest BCUT2D eigenvalue weighted by atomic mass is 10.1. The molecule has 1 aliphatic heterocycles. The van der Waals surface area contributed by atoms with Crippen LogP contribution in [-0.4, -0.2) is 71.5 Å². The molecule has 2 N–H and O–H groups in total. The molecule has 0 unspecified atom stereocenters. The molecule has 1 aromatic heterocycles. The average molecular weight is 368 g/mol. The Kier molecular flexibility index (Phi) is 6.73. The molecule has 0 radical (unpaired) electrons. The minimum atomic E-state index is -0.133. The Morgan fingerprint density at radius 2 is 1.78 bits per heavy atom. The van der Waals surface area contributed by atoms with E-state index in [0.29, 0.717) is 24.1 Å². The molecule has 1 amide bonds. The molecular weight excluding hydrogens is 340 g/mol. The molecule has 0 aliphatic carbocycles. The smallest absolute Gasteiger partial charge is 0.254 e. The van der Waals surface area contributed by atoms with Crippen LogP contribution in [0.5, 0.6) is 0 Å². The first-order chi connectivity index (χ1) is 13.1. The summed E-state index contributed by atoms with van der Waals surface area (Å²) >= 11 is 0. The highest BCUT2D eigenvalue weighted by Gasteiger charge is 2.19. The van der Waals surface area contributed by atoms with E-state index in [2.05, 4.69) is 44.4 Å². The highest BCUT2D eigenvalue weighted by atomic mass is 16.1. The van der Waals surface area contributed by atoms with Gasteiger partial charge in [-0.05, 0) is 32.5 Å². The van der Waals surface area contributed by atoms with Gasteiger partial charge in [-0.3, -0.25) is 9.69 Å². The van der Waals surface area contributed by atoms with Crippen molar-refractivity contribution in [2.75, 3.05) is 45.1 Å². The maximum atomic E-state index is 12.3. The molecule has 7 nitrogen and oxygen atoms in total. The van der Waals surface area contributed by atoms with Crippen molar-refractivity contribution in [2.24, 2.45) is 0 Å². The number of carbonyl (C=O) groups excluding carboxylic acids is 1. The predicted octanol–water partition coefficient (Wildman–Crippen LogP) is 1.98. The van der Waals surface area contributed by atoms with Gasteiger partial charge in [-0.2, -0.15) is 0 Å². The Hall–Kier alpha value is -2.51. The van der Waals surface area contributed by atoms with E-state index in [4.69, 9.17) is 0 Å². The van der Waals surface area contributed by atoms with Gasteiger partial charge < -0.3 is 15.5 Å². The molecule has 3 rings (SSSR count). The first-order valence-corrected chi connectivity index (χ1v) is 9.47. The Morgan fingerprint density at radius 1 is 1.11 bits per heavy atom. The van der Waals surface area contributed by atoms with E-state index in [1.807, 2.05) is 30.3 Å². The molecule has 27 heavy (non-hydrogen) atoms. The fraction of sp³-hybridized carbons (Fsp3) is 0.450. The molecule has 1 saturated heterocycles. The number of benzene rings is 1. The van der Waals surface area contributed by atoms with Crippen LogP contribution >= 0.6 is 0 Å². The number of hydrogen-bond acceptors (Lipinski definition) is 6. The Balaban J connectivity index is 1.42. The number of hydrogen-bond donors (Lipinski definition) is 2. The largest absolute Gasteiger partial charge is 0.352 e.